The number of nitrogens with one attached hydrogen (secondary N) is 1. The van der Waals surface area contributed by atoms with Crippen LogP contribution in [0.3, 0.4) is 0 Å². The second kappa shape index (κ2) is 11.1. The standard InChI is InChI=1S/C24H33N3O4/c1-18-7-6-8-19(2)24(18)25-23(29)16-27-13-11-26(12-14-27)15-20(28)17-31-22-10-5-4-9-21(22)30-3/h4-10,20,28H,11-17H2,1-3H3,(H,25,29)/i1D3,2D3,3D3. The topological polar surface area (TPSA) is 74.3 Å². The molecule has 1 fully saturated rings. The molecule has 7 heteroatoms. The zero-order valence-corrected chi connectivity index (χ0v) is 17.1. The summed E-state index contributed by atoms with van der Waals surface area (Å²) in [6, 6.07) is 10.2. The van der Waals surface area contributed by atoms with E-state index in [1.54, 1.807) is 18.2 Å². The first-order valence-corrected chi connectivity index (χ1v) is 10.0. The van der Waals surface area contributed by atoms with Gasteiger partial charge in [0.1, 0.15) is 12.7 Å². The van der Waals surface area contributed by atoms with Gasteiger partial charge in [-0.15, -0.1) is 0 Å². The van der Waals surface area contributed by atoms with E-state index in [0.29, 0.717) is 26.2 Å². The fraction of sp³-hybridized carbons (Fsp3) is 0.458. The predicted molar refractivity (Wildman–Crippen MR) is 122 cm³/mol. The third kappa shape index (κ3) is 6.69. The first-order chi connectivity index (χ1) is 18.5. The van der Waals surface area contributed by atoms with E-state index in [1.165, 1.54) is 24.3 Å². The molecule has 1 amide bonds. The lowest BCUT2D eigenvalue weighted by Crippen LogP contribution is -2.50. The van der Waals surface area contributed by atoms with E-state index in [4.69, 9.17) is 21.8 Å². The van der Waals surface area contributed by atoms with Gasteiger partial charge in [-0.3, -0.25) is 14.6 Å². The van der Waals surface area contributed by atoms with E-state index in [0.717, 1.165) is 0 Å². The number of amides is 1. The molecule has 2 aromatic carbocycles. The number of hydrogen-bond donors (Lipinski definition) is 2. The number of aryl methyl sites for hydroxylation is 2. The minimum absolute atomic E-state index is 0.0501. The van der Waals surface area contributed by atoms with Crippen molar-refractivity contribution in [3.8, 4) is 11.5 Å². The Hall–Kier alpha value is -2.61. The number of para-hydroxylation sites is 3. The molecule has 1 atom stereocenters. The van der Waals surface area contributed by atoms with Crippen molar-refractivity contribution in [1.82, 2.24) is 9.80 Å². The fourth-order valence-electron chi connectivity index (χ4n) is 3.39. The zero-order valence-electron chi connectivity index (χ0n) is 26.1. The van der Waals surface area contributed by atoms with E-state index in [2.05, 4.69) is 5.32 Å². The number of ether oxygens (including phenoxy) is 2. The van der Waals surface area contributed by atoms with Crippen LogP contribution in [0, 0.1) is 13.7 Å². The van der Waals surface area contributed by atoms with Crippen molar-refractivity contribution in [2.75, 3.05) is 58.2 Å². The highest BCUT2D eigenvalue weighted by Gasteiger charge is 2.21. The van der Waals surface area contributed by atoms with Crippen molar-refractivity contribution in [3.05, 3.63) is 53.6 Å². The second-order valence-electron chi connectivity index (χ2n) is 7.37. The summed E-state index contributed by atoms with van der Waals surface area (Å²) in [5.74, 6) is -0.272. The first-order valence-electron chi connectivity index (χ1n) is 14.5. The normalized spacial score (nSPS) is 21.5. The molecule has 0 spiro atoms. The smallest absolute Gasteiger partial charge is 0.238 e. The summed E-state index contributed by atoms with van der Waals surface area (Å²) in [5, 5.41) is 13.0. The molecule has 1 saturated heterocycles. The van der Waals surface area contributed by atoms with Crippen molar-refractivity contribution >= 4 is 11.6 Å². The van der Waals surface area contributed by atoms with Crippen molar-refractivity contribution in [2.45, 2.75) is 19.8 Å². The summed E-state index contributed by atoms with van der Waals surface area (Å²) in [5.41, 5.74) is -0.675. The van der Waals surface area contributed by atoms with Gasteiger partial charge in [0.25, 0.3) is 0 Å². The van der Waals surface area contributed by atoms with Crippen molar-refractivity contribution in [1.29, 1.82) is 0 Å². The lowest BCUT2D eigenvalue weighted by atomic mass is 10.1. The molecule has 1 unspecified atom stereocenters. The Morgan fingerprint density at radius 1 is 1.06 bits per heavy atom. The Bertz CT molecular complexity index is 1120. The van der Waals surface area contributed by atoms with Crippen LogP contribution >= 0.6 is 0 Å². The molecule has 1 heterocycles. The number of methoxy groups -OCH3 is 1. The predicted octanol–water partition coefficient (Wildman–Crippen LogP) is 2.31. The van der Waals surface area contributed by atoms with Gasteiger partial charge in [-0.1, -0.05) is 30.3 Å². The maximum absolute atomic E-state index is 12.8. The molecule has 168 valence electrons. The molecule has 31 heavy (non-hydrogen) atoms. The van der Waals surface area contributed by atoms with Gasteiger partial charge >= 0.3 is 0 Å². The van der Waals surface area contributed by atoms with Gasteiger partial charge < -0.3 is 19.9 Å². The van der Waals surface area contributed by atoms with E-state index in [-0.39, 0.29) is 48.0 Å². The van der Waals surface area contributed by atoms with Gasteiger partial charge in [0, 0.05) is 46.6 Å². The lowest BCUT2D eigenvalue weighted by molar-refractivity contribution is -0.117. The number of rotatable bonds is 9. The summed E-state index contributed by atoms with van der Waals surface area (Å²) in [6.07, 6.45) is -0.870. The number of anilines is 1. The Labute approximate surface area is 197 Å². The summed E-state index contributed by atoms with van der Waals surface area (Å²) in [4.78, 5) is 16.6. The molecule has 2 aromatic rings. The van der Waals surface area contributed by atoms with E-state index >= 15 is 0 Å². The average molecular weight is 437 g/mol. The molecule has 0 saturated carbocycles. The first kappa shape index (κ1) is 13.7. The second-order valence-corrected chi connectivity index (χ2v) is 7.37. The Morgan fingerprint density at radius 3 is 2.42 bits per heavy atom. The summed E-state index contributed by atoms with van der Waals surface area (Å²) in [6.45, 7) is -3.02. The van der Waals surface area contributed by atoms with Crippen LogP contribution in [0.4, 0.5) is 5.69 Å². The Morgan fingerprint density at radius 2 is 1.74 bits per heavy atom. The van der Waals surface area contributed by atoms with E-state index in [1.807, 2.05) is 9.80 Å². The number of carbonyl (C=O) groups excluding carboxylic acids is 1. The zero-order chi connectivity index (χ0) is 29.7. The summed E-state index contributed by atoms with van der Waals surface area (Å²) in [7, 11) is -2.63. The maximum atomic E-state index is 12.8. The molecule has 0 aliphatic carbocycles. The Balaban J connectivity index is 1.50. The lowest BCUT2D eigenvalue weighted by Gasteiger charge is -2.35. The highest BCUT2D eigenvalue weighted by molar-refractivity contribution is 5.93. The molecule has 3 rings (SSSR count). The highest BCUT2D eigenvalue weighted by atomic mass is 16.5. The molecule has 0 aromatic heterocycles. The van der Waals surface area contributed by atoms with Gasteiger partial charge in [-0.25, -0.2) is 0 Å². The number of aliphatic hydroxyl groups excluding tert-OH is 1. The van der Waals surface area contributed by atoms with E-state index < -0.39 is 32.8 Å². The van der Waals surface area contributed by atoms with Gasteiger partial charge in [0.2, 0.25) is 5.91 Å². The number of benzene rings is 2. The minimum atomic E-state index is -2.63. The molecular formula is C24H33N3O4. The minimum Gasteiger partial charge on any atom is -0.493 e. The summed E-state index contributed by atoms with van der Waals surface area (Å²) >= 11 is 0. The van der Waals surface area contributed by atoms with Crippen molar-refractivity contribution < 1.29 is 31.7 Å². The molecule has 1 aliphatic rings. The van der Waals surface area contributed by atoms with Crippen molar-refractivity contribution in [2.24, 2.45) is 0 Å². The fourth-order valence-corrected chi connectivity index (χ4v) is 3.39. The molecule has 1 aliphatic heterocycles. The third-order valence-corrected chi connectivity index (χ3v) is 5.02. The van der Waals surface area contributed by atoms with Gasteiger partial charge in [0.05, 0.1) is 17.7 Å². The number of β-amino-alcohol motifs (C(OH)–C–C–N with tert-alkyl or cyclic N) is 1. The van der Waals surface area contributed by atoms with Gasteiger partial charge in [0.15, 0.2) is 11.5 Å². The van der Waals surface area contributed by atoms with Crippen LogP contribution in [0.15, 0.2) is 42.5 Å². The number of carbonyl (C=O) groups is 1. The molecule has 0 radical (unpaired) electrons. The monoisotopic (exact) mass is 436 g/mol. The molecule has 2 N–H and O–H groups in total. The number of piperazine rings is 1. The summed E-state index contributed by atoms with van der Waals surface area (Å²) < 4.78 is 78.7. The molecule has 0 bridgehead atoms. The van der Waals surface area contributed by atoms with Gasteiger partial charge in [-0.2, -0.15) is 0 Å². The van der Waals surface area contributed by atoms with Crippen LogP contribution in [-0.2, 0) is 4.79 Å². The van der Waals surface area contributed by atoms with Gasteiger partial charge in [-0.05, 0) is 37.0 Å². The van der Waals surface area contributed by atoms with E-state index in [9.17, 15) is 9.90 Å². The molecular weight excluding hydrogens is 394 g/mol. The third-order valence-electron chi connectivity index (χ3n) is 5.02. The highest BCUT2D eigenvalue weighted by Crippen LogP contribution is 2.25. The average Bonchev–Trinajstić information content (AvgIpc) is 2.82. The van der Waals surface area contributed by atoms with Crippen LogP contribution in [-0.4, -0.2) is 79.8 Å². The van der Waals surface area contributed by atoms with Crippen LogP contribution < -0.4 is 14.8 Å². The number of aliphatic hydroxyl groups is 1. The number of hydrogen-bond acceptors (Lipinski definition) is 6. The van der Waals surface area contributed by atoms with Crippen molar-refractivity contribution in [3.63, 3.8) is 0 Å². The number of nitrogens with zero attached hydrogens (tertiary/aromatic N) is 2. The van der Waals surface area contributed by atoms with Crippen LogP contribution in [0.1, 0.15) is 23.5 Å². The Kier molecular flexibility index (Phi) is 4.93. The molecule has 7 nitrogen and oxygen atoms in total. The van der Waals surface area contributed by atoms with Crippen LogP contribution in [0.2, 0.25) is 0 Å². The quantitative estimate of drug-likeness (QED) is 0.628. The van der Waals surface area contributed by atoms with Crippen LogP contribution in [0.25, 0.3) is 0 Å². The SMILES string of the molecule is [2H]C([2H])([2H])Oc1ccccc1OCC(O)CN1CCN(CC(=O)Nc2c(C([2H])([2H])[2H])cccc2C([2H])([2H])[2H])CC1. The largest absolute Gasteiger partial charge is 0.493 e. The van der Waals surface area contributed by atoms with Crippen LogP contribution in [0.5, 0.6) is 11.5 Å². The maximum Gasteiger partial charge on any atom is 0.238 e.